The van der Waals surface area contributed by atoms with Crippen LogP contribution in [-0.4, -0.2) is 49.7 Å². The van der Waals surface area contributed by atoms with E-state index in [0.717, 1.165) is 19.3 Å². The van der Waals surface area contributed by atoms with Crippen LogP contribution in [0.4, 0.5) is 0 Å². The molecule has 1 saturated heterocycles. The molecule has 29 heavy (non-hydrogen) atoms. The van der Waals surface area contributed by atoms with Crippen molar-refractivity contribution in [1.29, 1.82) is 0 Å². The summed E-state index contributed by atoms with van der Waals surface area (Å²) in [7, 11) is 0. The van der Waals surface area contributed by atoms with Crippen molar-refractivity contribution < 1.29 is 23.8 Å². The van der Waals surface area contributed by atoms with Crippen LogP contribution >= 0.6 is 0 Å². The SMILES string of the molecule is O=C(COc1ccc2c(c1)CCC2)O[C@H](C(=O)N1CCOCC1)c1ccccc1. The first-order chi connectivity index (χ1) is 14.2. The third-order valence-corrected chi connectivity index (χ3v) is 5.33. The minimum absolute atomic E-state index is 0.231. The van der Waals surface area contributed by atoms with Crippen LogP contribution in [0.15, 0.2) is 48.5 Å². The van der Waals surface area contributed by atoms with Gasteiger partial charge in [0.2, 0.25) is 6.10 Å². The largest absolute Gasteiger partial charge is 0.482 e. The molecule has 1 aliphatic heterocycles. The van der Waals surface area contributed by atoms with Crippen molar-refractivity contribution in [2.75, 3.05) is 32.9 Å². The highest BCUT2D eigenvalue weighted by Crippen LogP contribution is 2.26. The number of benzene rings is 2. The van der Waals surface area contributed by atoms with E-state index in [0.29, 0.717) is 37.6 Å². The Kier molecular flexibility index (Phi) is 6.10. The summed E-state index contributed by atoms with van der Waals surface area (Å²) in [5.74, 6) is -0.148. The second kappa shape index (κ2) is 9.09. The molecule has 0 unspecified atom stereocenters. The van der Waals surface area contributed by atoms with E-state index in [1.165, 1.54) is 11.1 Å². The number of hydrogen-bond donors (Lipinski definition) is 0. The third kappa shape index (κ3) is 4.77. The number of morpholine rings is 1. The molecule has 6 heteroatoms. The van der Waals surface area contributed by atoms with E-state index in [1.54, 1.807) is 17.0 Å². The summed E-state index contributed by atoms with van der Waals surface area (Å²) in [6, 6.07) is 15.0. The molecule has 0 aromatic heterocycles. The van der Waals surface area contributed by atoms with E-state index in [-0.39, 0.29) is 12.5 Å². The number of amides is 1. The van der Waals surface area contributed by atoms with Crippen molar-refractivity contribution in [3.63, 3.8) is 0 Å². The number of nitrogens with zero attached hydrogens (tertiary/aromatic N) is 1. The van der Waals surface area contributed by atoms with Crippen LogP contribution < -0.4 is 4.74 Å². The molecule has 1 aliphatic carbocycles. The van der Waals surface area contributed by atoms with E-state index in [9.17, 15) is 9.59 Å². The fourth-order valence-corrected chi connectivity index (χ4v) is 3.78. The molecule has 4 rings (SSSR count). The quantitative estimate of drug-likeness (QED) is 0.704. The maximum Gasteiger partial charge on any atom is 0.345 e. The van der Waals surface area contributed by atoms with Gasteiger partial charge in [0.05, 0.1) is 13.2 Å². The minimum atomic E-state index is -0.981. The zero-order valence-corrected chi connectivity index (χ0v) is 16.3. The Morgan fingerprint density at radius 1 is 1.00 bits per heavy atom. The number of ether oxygens (including phenoxy) is 3. The van der Waals surface area contributed by atoms with Gasteiger partial charge in [-0.25, -0.2) is 4.79 Å². The van der Waals surface area contributed by atoms with Gasteiger partial charge in [-0.2, -0.15) is 0 Å². The molecule has 1 amide bonds. The van der Waals surface area contributed by atoms with Gasteiger partial charge < -0.3 is 19.1 Å². The lowest BCUT2D eigenvalue weighted by Crippen LogP contribution is -2.44. The molecule has 0 radical (unpaired) electrons. The number of esters is 1. The zero-order valence-electron chi connectivity index (χ0n) is 16.3. The third-order valence-electron chi connectivity index (χ3n) is 5.33. The summed E-state index contributed by atoms with van der Waals surface area (Å²) in [6.07, 6.45) is 2.31. The lowest BCUT2D eigenvalue weighted by Gasteiger charge is -2.30. The monoisotopic (exact) mass is 395 g/mol. The van der Waals surface area contributed by atoms with Gasteiger partial charge in [0, 0.05) is 18.7 Å². The first kappa shape index (κ1) is 19.5. The first-order valence-corrected chi connectivity index (χ1v) is 10.1. The van der Waals surface area contributed by atoms with Gasteiger partial charge in [0.25, 0.3) is 5.91 Å². The van der Waals surface area contributed by atoms with Crippen molar-refractivity contribution in [1.82, 2.24) is 4.90 Å². The summed E-state index contributed by atoms with van der Waals surface area (Å²) >= 11 is 0. The van der Waals surface area contributed by atoms with Gasteiger partial charge in [0.15, 0.2) is 6.61 Å². The van der Waals surface area contributed by atoms with E-state index >= 15 is 0 Å². The average molecular weight is 395 g/mol. The Morgan fingerprint density at radius 3 is 2.55 bits per heavy atom. The Bertz CT molecular complexity index is 861. The minimum Gasteiger partial charge on any atom is -0.482 e. The summed E-state index contributed by atoms with van der Waals surface area (Å²) in [5.41, 5.74) is 3.27. The fourth-order valence-electron chi connectivity index (χ4n) is 3.78. The predicted octanol–water partition coefficient (Wildman–Crippen LogP) is 2.70. The summed E-state index contributed by atoms with van der Waals surface area (Å²) in [5, 5.41) is 0. The molecule has 0 spiro atoms. The van der Waals surface area contributed by atoms with Crippen LogP contribution in [-0.2, 0) is 31.9 Å². The van der Waals surface area contributed by atoms with Gasteiger partial charge in [-0.3, -0.25) is 4.79 Å². The molecule has 1 fully saturated rings. The summed E-state index contributed by atoms with van der Waals surface area (Å²) in [6.45, 7) is 1.72. The van der Waals surface area contributed by atoms with Crippen LogP contribution in [0.1, 0.15) is 29.2 Å². The molecule has 6 nitrogen and oxygen atoms in total. The summed E-state index contributed by atoms with van der Waals surface area (Å²) in [4.78, 5) is 27.1. The van der Waals surface area contributed by atoms with Gasteiger partial charge in [-0.15, -0.1) is 0 Å². The van der Waals surface area contributed by atoms with Gasteiger partial charge in [0.1, 0.15) is 5.75 Å². The smallest absolute Gasteiger partial charge is 0.345 e. The standard InChI is InChI=1S/C23H25NO5/c25-21(16-28-20-10-9-17-7-4-8-19(17)15-20)29-22(18-5-2-1-3-6-18)23(26)24-11-13-27-14-12-24/h1-3,5-6,9-10,15,22H,4,7-8,11-14,16H2/t22-/m0/s1. The average Bonchev–Trinajstić information content (AvgIpc) is 3.25. The Balaban J connectivity index is 1.41. The summed E-state index contributed by atoms with van der Waals surface area (Å²) < 4.78 is 16.5. The Labute approximate surface area is 170 Å². The second-order valence-corrected chi connectivity index (χ2v) is 7.29. The molecule has 2 aromatic rings. The highest BCUT2D eigenvalue weighted by atomic mass is 16.6. The van der Waals surface area contributed by atoms with E-state index < -0.39 is 12.1 Å². The van der Waals surface area contributed by atoms with Crippen LogP contribution in [0, 0.1) is 0 Å². The topological polar surface area (TPSA) is 65.1 Å². The number of fused-ring (bicyclic) bond motifs is 1. The fraction of sp³-hybridized carbons (Fsp3) is 0.391. The Morgan fingerprint density at radius 2 is 1.76 bits per heavy atom. The number of hydrogen-bond acceptors (Lipinski definition) is 5. The molecule has 2 aliphatic rings. The maximum absolute atomic E-state index is 13.0. The molecule has 2 aromatic carbocycles. The molecule has 152 valence electrons. The predicted molar refractivity (Wildman–Crippen MR) is 107 cm³/mol. The van der Waals surface area contributed by atoms with Crippen molar-refractivity contribution in [2.45, 2.75) is 25.4 Å². The van der Waals surface area contributed by atoms with Crippen LogP contribution in [0.3, 0.4) is 0 Å². The van der Waals surface area contributed by atoms with Gasteiger partial charge in [-0.1, -0.05) is 36.4 Å². The molecule has 1 heterocycles. The zero-order chi connectivity index (χ0) is 20.1. The van der Waals surface area contributed by atoms with Crippen molar-refractivity contribution in [3.8, 4) is 5.75 Å². The number of carbonyl (C=O) groups excluding carboxylic acids is 2. The Hall–Kier alpha value is -2.86. The molecule has 0 bridgehead atoms. The highest BCUT2D eigenvalue weighted by molar-refractivity contribution is 5.85. The van der Waals surface area contributed by atoms with E-state index in [1.807, 2.05) is 30.3 Å². The van der Waals surface area contributed by atoms with Crippen LogP contribution in [0.2, 0.25) is 0 Å². The van der Waals surface area contributed by atoms with Crippen LogP contribution in [0.25, 0.3) is 0 Å². The van der Waals surface area contributed by atoms with Crippen molar-refractivity contribution in [2.24, 2.45) is 0 Å². The molecule has 1 atom stereocenters. The number of carbonyl (C=O) groups is 2. The van der Waals surface area contributed by atoms with E-state index in [2.05, 4.69) is 6.07 Å². The maximum atomic E-state index is 13.0. The lowest BCUT2D eigenvalue weighted by atomic mass is 10.1. The molecular weight excluding hydrogens is 370 g/mol. The number of rotatable bonds is 6. The normalized spacial score (nSPS) is 16.8. The molecule has 0 saturated carbocycles. The lowest BCUT2D eigenvalue weighted by molar-refractivity contribution is -0.164. The van der Waals surface area contributed by atoms with Gasteiger partial charge in [-0.05, 0) is 42.5 Å². The van der Waals surface area contributed by atoms with Crippen molar-refractivity contribution in [3.05, 3.63) is 65.2 Å². The van der Waals surface area contributed by atoms with Crippen molar-refractivity contribution >= 4 is 11.9 Å². The molecular formula is C23H25NO5. The van der Waals surface area contributed by atoms with Gasteiger partial charge >= 0.3 is 5.97 Å². The highest BCUT2D eigenvalue weighted by Gasteiger charge is 2.30. The molecule has 0 N–H and O–H groups in total. The second-order valence-electron chi connectivity index (χ2n) is 7.29. The van der Waals surface area contributed by atoms with Crippen LogP contribution in [0.5, 0.6) is 5.75 Å². The first-order valence-electron chi connectivity index (χ1n) is 10.1. The number of aryl methyl sites for hydroxylation is 2. The van der Waals surface area contributed by atoms with E-state index in [4.69, 9.17) is 14.2 Å².